The van der Waals surface area contributed by atoms with Crippen molar-refractivity contribution in [3.8, 4) is 6.07 Å². The van der Waals surface area contributed by atoms with Gasteiger partial charge in [0.1, 0.15) is 18.0 Å². The average Bonchev–Trinajstić information content (AvgIpc) is 2.63. The largest absolute Gasteiger partial charge is 0.370 e. The highest BCUT2D eigenvalue weighted by molar-refractivity contribution is 5.54. The molecule has 0 saturated carbocycles. The fourth-order valence-electron chi connectivity index (χ4n) is 3.01. The fourth-order valence-corrected chi connectivity index (χ4v) is 3.01. The van der Waals surface area contributed by atoms with E-state index in [-0.39, 0.29) is 11.7 Å². The predicted molar refractivity (Wildman–Crippen MR) is 89.0 cm³/mol. The van der Waals surface area contributed by atoms with Gasteiger partial charge in [-0.3, -0.25) is 13.9 Å². The number of aromatic nitrogens is 2. The van der Waals surface area contributed by atoms with Crippen LogP contribution in [0.2, 0.25) is 0 Å². The molecule has 1 saturated heterocycles. The van der Waals surface area contributed by atoms with Crippen LogP contribution in [0, 0.1) is 11.3 Å². The lowest BCUT2D eigenvalue weighted by Gasteiger charge is -2.35. The van der Waals surface area contributed by atoms with Gasteiger partial charge in [-0.2, -0.15) is 5.26 Å². The first-order chi connectivity index (χ1) is 11.5. The number of hydrogen-bond donors (Lipinski definition) is 0. The molecule has 1 aliphatic heterocycles. The van der Waals surface area contributed by atoms with Crippen LogP contribution in [-0.2, 0) is 18.8 Å². The summed E-state index contributed by atoms with van der Waals surface area (Å²) in [5, 5.41) is 9.42. The highest BCUT2D eigenvalue weighted by Crippen LogP contribution is 2.26. The standard InChI is InChI=1S/C17H18N4O3/c1-19-15(13(10-18)16(22)20(2)17(19)23)21-8-9-24-14(11-21)12-6-4-3-5-7-12/h3-7,14H,8-9,11H2,1-2H3/t14-/m0/s1. The van der Waals surface area contributed by atoms with Gasteiger partial charge in [0.2, 0.25) is 0 Å². The van der Waals surface area contributed by atoms with Crippen LogP contribution < -0.4 is 16.1 Å². The quantitative estimate of drug-likeness (QED) is 0.804. The van der Waals surface area contributed by atoms with E-state index in [0.717, 1.165) is 10.1 Å². The van der Waals surface area contributed by atoms with Crippen LogP contribution in [0.3, 0.4) is 0 Å². The summed E-state index contributed by atoms with van der Waals surface area (Å²) in [7, 11) is 2.95. The summed E-state index contributed by atoms with van der Waals surface area (Å²) in [4.78, 5) is 26.4. The molecule has 0 bridgehead atoms. The van der Waals surface area contributed by atoms with Crippen LogP contribution in [0.4, 0.5) is 5.82 Å². The van der Waals surface area contributed by atoms with Gasteiger partial charge in [-0.1, -0.05) is 30.3 Å². The first-order valence-corrected chi connectivity index (χ1v) is 7.66. The van der Waals surface area contributed by atoms with E-state index in [1.165, 1.54) is 11.6 Å². The van der Waals surface area contributed by atoms with Gasteiger partial charge in [0, 0.05) is 27.2 Å². The molecule has 1 fully saturated rings. The molecule has 0 unspecified atom stereocenters. The highest BCUT2D eigenvalue weighted by atomic mass is 16.5. The van der Waals surface area contributed by atoms with Crippen molar-refractivity contribution in [2.75, 3.05) is 24.6 Å². The maximum Gasteiger partial charge on any atom is 0.332 e. The van der Waals surface area contributed by atoms with Gasteiger partial charge in [-0.25, -0.2) is 4.79 Å². The Morgan fingerprint density at radius 2 is 1.88 bits per heavy atom. The smallest absolute Gasteiger partial charge is 0.332 e. The average molecular weight is 326 g/mol. The van der Waals surface area contributed by atoms with E-state index in [2.05, 4.69) is 0 Å². The third-order valence-electron chi connectivity index (χ3n) is 4.28. The summed E-state index contributed by atoms with van der Waals surface area (Å²) in [5.41, 5.74) is -0.0158. The molecule has 0 amide bonds. The lowest BCUT2D eigenvalue weighted by Crippen LogP contribution is -2.46. The number of morpholine rings is 1. The van der Waals surface area contributed by atoms with Crippen LogP contribution >= 0.6 is 0 Å². The second-order valence-corrected chi connectivity index (χ2v) is 5.73. The maximum absolute atomic E-state index is 12.3. The van der Waals surface area contributed by atoms with Gasteiger partial charge < -0.3 is 9.64 Å². The predicted octanol–water partition coefficient (Wildman–Crippen LogP) is 0.534. The molecular formula is C17H18N4O3. The van der Waals surface area contributed by atoms with E-state index in [9.17, 15) is 14.9 Å². The Morgan fingerprint density at radius 3 is 2.54 bits per heavy atom. The summed E-state index contributed by atoms with van der Waals surface area (Å²) in [6, 6.07) is 11.7. The number of hydrogen-bond acceptors (Lipinski definition) is 5. The van der Waals surface area contributed by atoms with Crippen LogP contribution in [0.5, 0.6) is 0 Å². The molecule has 1 aromatic heterocycles. The summed E-state index contributed by atoms with van der Waals surface area (Å²) in [6.07, 6.45) is -0.175. The molecule has 7 nitrogen and oxygen atoms in total. The number of rotatable bonds is 2. The Bertz CT molecular complexity index is 908. The monoisotopic (exact) mass is 326 g/mol. The van der Waals surface area contributed by atoms with Gasteiger partial charge in [0.05, 0.1) is 6.61 Å². The molecule has 1 atom stereocenters. The Hall–Kier alpha value is -2.85. The Kier molecular flexibility index (Phi) is 4.23. The van der Waals surface area contributed by atoms with Crippen molar-refractivity contribution in [2.24, 2.45) is 14.1 Å². The topological polar surface area (TPSA) is 80.3 Å². The molecule has 0 radical (unpaired) electrons. The Morgan fingerprint density at radius 1 is 1.17 bits per heavy atom. The summed E-state index contributed by atoms with van der Waals surface area (Å²) < 4.78 is 8.13. The summed E-state index contributed by atoms with van der Waals surface area (Å²) in [5.74, 6) is 0.356. The van der Waals surface area contributed by atoms with E-state index in [1.807, 2.05) is 41.3 Å². The highest BCUT2D eigenvalue weighted by Gasteiger charge is 2.27. The molecule has 124 valence electrons. The van der Waals surface area contributed by atoms with Crippen molar-refractivity contribution in [2.45, 2.75) is 6.10 Å². The minimum Gasteiger partial charge on any atom is -0.370 e. The minimum absolute atomic E-state index is 0.0201. The number of benzene rings is 1. The van der Waals surface area contributed by atoms with E-state index in [0.29, 0.717) is 25.5 Å². The van der Waals surface area contributed by atoms with E-state index in [4.69, 9.17) is 4.74 Å². The zero-order valence-corrected chi connectivity index (χ0v) is 13.6. The van der Waals surface area contributed by atoms with Gasteiger partial charge in [-0.15, -0.1) is 0 Å². The molecular weight excluding hydrogens is 308 g/mol. The second-order valence-electron chi connectivity index (χ2n) is 5.73. The second kappa shape index (κ2) is 6.34. The number of ether oxygens (including phenoxy) is 1. The molecule has 24 heavy (non-hydrogen) atoms. The molecule has 0 spiro atoms. The SMILES string of the molecule is Cn1c(N2CCO[C@H](c3ccccc3)C2)c(C#N)c(=O)n(C)c1=O. The van der Waals surface area contributed by atoms with Crippen LogP contribution in [0.1, 0.15) is 17.2 Å². The van der Waals surface area contributed by atoms with Crippen molar-refractivity contribution >= 4 is 5.82 Å². The first-order valence-electron chi connectivity index (χ1n) is 7.66. The number of nitrogens with zero attached hydrogens (tertiary/aromatic N) is 4. The Balaban J connectivity index is 2.05. The molecule has 1 aliphatic rings. The van der Waals surface area contributed by atoms with Crippen LogP contribution in [-0.4, -0.2) is 28.8 Å². The Labute approximate surface area is 138 Å². The normalized spacial score (nSPS) is 17.5. The van der Waals surface area contributed by atoms with E-state index >= 15 is 0 Å². The third-order valence-corrected chi connectivity index (χ3v) is 4.28. The fraction of sp³-hybridized carbons (Fsp3) is 0.353. The zero-order chi connectivity index (χ0) is 17.3. The third kappa shape index (κ3) is 2.61. The lowest BCUT2D eigenvalue weighted by atomic mass is 10.1. The maximum atomic E-state index is 12.3. The molecule has 2 heterocycles. The van der Waals surface area contributed by atoms with Crippen LogP contribution in [0.25, 0.3) is 0 Å². The lowest BCUT2D eigenvalue weighted by molar-refractivity contribution is 0.0392. The molecule has 3 rings (SSSR count). The molecule has 0 aliphatic carbocycles. The van der Waals surface area contributed by atoms with Crippen molar-refractivity contribution in [1.29, 1.82) is 5.26 Å². The molecule has 7 heteroatoms. The summed E-state index contributed by atoms with van der Waals surface area (Å²) in [6.45, 7) is 1.44. The van der Waals surface area contributed by atoms with Gasteiger partial charge in [0.25, 0.3) is 5.56 Å². The molecule has 1 aromatic carbocycles. The van der Waals surface area contributed by atoms with Gasteiger partial charge in [0.15, 0.2) is 5.56 Å². The van der Waals surface area contributed by atoms with Crippen molar-refractivity contribution < 1.29 is 4.74 Å². The minimum atomic E-state index is -0.571. The molecule has 2 aromatic rings. The van der Waals surface area contributed by atoms with Crippen molar-refractivity contribution in [3.05, 3.63) is 62.3 Å². The molecule has 0 N–H and O–H groups in total. The summed E-state index contributed by atoms with van der Waals surface area (Å²) >= 11 is 0. The van der Waals surface area contributed by atoms with Crippen molar-refractivity contribution in [1.82, 2.24) is 9.13 Å². The van der Waals surface area contributed by atoms with Gasteiger partial charge in [-0.05, 0) is 5.56 Å². The van der Waals surface area contributed by atoms with Crippen molar-refractivity contribution in [3.63, 3.8) is 0 Å². The van der Waals surface area contributed by atoms with E-state index in [1.54, 1.807) is 7.05 Å². The zero-order valence-electron chi connectivity index (χ0n) is 13.6. The first kappa shape index (κ1) is 16.0. The van der Waals surface area contributed by atoms with Crippen LogP contribution in [0.15, 0.2) is 39.9 Å². The van der Waals surface area contributed by atoms with E-state index < -0.39 is 11.2 Å². The number of anilines is 1. The number of nitriles is 1. The van der Waals surface area contributed by atoms with Gasteiger partial charge >= 0.3 is 5.69 Å².